The van der Waals surface area contributed by atoms with Crippen LogP contribution < -0.4 is 10.5 Å². The highest BCUT2D eigenvalue weighted by Crippen LogP contribution is 2.14. The van der Waals surface area contributed by atoms with Crippen molar-refractivity contribution in [3.63, 3.8) is 0 Å². The summed E-state index contributed by atoms with van der Waals surface area (Å²) in [4.78, 5) is 13.7. The Hall–Kier alpha value is -1.60. The SMILES string of the molecule is CC1CS(=O)(=O)CCN1C(=O)COc1ccc(CN)cc1. The van der Waals surface area contributed by atoms with Crippen LogP contribution in [0.25, 0.3) is 0 Å². The number of nitrogens with zero attached hydrogens (tertiary/aromatic N) is 1. The zero-order valence-corrected chi connectivity index (χ0v) is 12.8. The number of ether oxygens (including phenoxy) is 1. The fourth-order valence-corrected chi connectivity index (χ4v) is 3.88. The summed E-state index contributed by atoms with van der Waals surface area (Å²) in [7, 11) is -3.02. The molecule has 1 aromatic rings. The molecule has 1 aliphatic rings. The topological polar surface area (TPSA) is 89.7 Å². The number of carbonyl (C=O) groups is 1. The normalized spacial score (nSPS) is 21.0. The van der Waals surface area contributed by atoms with Gasteiger partial charge < -0.3 is 15.4 Å². The molecule has 1 saturated heterocycles. The summed E-state index contributed by atoms with van der Waals surface area (Å²) < 4.78 is 28.4. The number of amides is 1. The molecule has 2 N–H and O–H groups in total. The predicted octanol–water partition coefficient (Wildman–Crippen LogP) is 0.170. The fourth-order valence-electron chi connectivity index (χ4n) is 2.32. The molecular formula is C14H20N2O4S. The van der Waals surface area contributed by atoms with Crippen LogP contribution >= 0.6 is 0 Å². The maximum atomic E-state index is 12.1. The Labute approximate surface area is 124 Å². The quantitative estimate of drug-likeness (QED) is 0.856. The summed E-state index contributed by atoms with van der Waals surface area (Å²) in [5, 5.41) is 0. The van der Waals surface area contributed by atoms with E-state index in [2.05, 4.69) is 0 Å². The van der Waals surface area contributed by atoms with Gasteiger partial charge in [0, 0.05) is 19.1 Å². The molecule has 0 aromatic heterocycles. The number of rotatable bonds is 4. The maximum Gasteiger partial charge on any atom is 0.260 e. The van der Waals surface area contributed by atoms with E-state index in [-0.39, 0.29) is 36.6 Å². The second-order valence-corrected chi connectivity index (χ2v) is 7.42. The fraction of sp³-hybridized carbons (Fsp3) is 0.500. The number of benzene rings is 1. The Kier molecular flexibility index (Phi) is 4.84. The number of sulfone groups is 1. The molecule has 1 amide bonds. The van der Waals surface area contributed by atoms with E-state index in [0.29, 0.717) is 12.3 Å². The van der Waals surface area contributed by atoms with E-state index in [0.717, 1.165) is 5.56 Å². The second-order valence-electron chi connectivity index (χ2n) is 5.19. The summed E-state index contributed by atoms with van der Waals surface area (Å²) >= 11 is 0. The Morgan fingerprint density at radius 2 is 2.05 bits per heavy atom. The van der Waals surface area contributed by atoms with Crippen LogP contribution in [0.15, 0.2) is 24.3 Å². The van der Waals surface area contributed by atoms with Crippen molar-refractivity contribution in [2.24, 2.45) is 5.73 Å². The molecule has 1 aromatic carbocycles. The second kappa shape index (κ2) is 6.44. The summed E-state index contributed by atoms with van der Waals surface area (Å²) in [5.41, 5.74) is 6.50. The number of nitrogens with two attached hydrogens (primary N) is 1. The Bertz CT molecular complexity index is 598. The third-order valence-corrected chi connectivity index (χ3v) is 5.31. The Morgan fingerprint density at radius 1 is 1.38 bits per heavy atom. The molecule has 7 heteroatoms. The van der Waals surface area contributed by atoms with E-state index in [9.17, 15) is 13.2 Å². The zero-order chi connectivity index (χ0) is 15.5. The van der Waals surface area contributed by atoms with Gasteiger partial charge >= 0.3 is 0 Å². The third-order valence-electron chi connectivity index (χ3n) is 3.51. The van der Waals surface area contributed by atoms with Gasteiger partial charge in [0.15, 0.2) is 16.4 Å². The van der Waals surface area contributed by atoms with Crippen molar-refractivity contribution in [1.82, 2.24) is 4.90 Å². The summed E-state index contributed by atoms with van der Waals surface area (Å²) in [6.07, 6.45) is 0. The average molecular weight is 312 g/mol. The molecule has 2 rings (SSSR count). The Balaban J connectivity index is 1.89. The molecule has 1 atom stereocenters. The van der Waals surface area contributed by atoms with Crippen molar-refractivity contribution in [2.45, 2.75) is 19.5 Å². The van der Waals surface area contributed by atoms with Crippen LogP contribution in [0.2, 0.25) is 0 Å². The highest BCUT2D eigenvalue weighted by molar-refractivity contribution is 7.91. The molecule has 21 heavy (non-hydrogen) atoms. The maximum absolute atomic E-state index is 12.1. The first-order valence-corrected chi connectivity index (χ1v) is 8.65. The van der Waals surface area contributed by atoms with Crippen molar-refractivity contribution in [1.29, 1.82) is 0 Å². The van der Waals surface area contributed by atoms with E-state index in [1.165, 1.54) is 0 Å². The first-order chi connectivity index (χ1) is 9.91. The lowest BCUT2D eigenvalue weighted by molar-refractivity contribution is -0.134. The van der Waals surface area contributed by atoms with E-state index in [4.69, 9.17) is 10.5 Å². The van der Waals surface area contributed by atoms with Gasteiger partial charge in [0.25, 0.3) is 5.91 Å². The van der Waals surface area contributed by atoms with Gasteiger partial charge in [0.1, 0.15) is 5.75 Å². The first kappa shape index (κ1) is 15.8. The summed E-state index contributed by atoms with van der Waals surface area (Å²) in [5.74, 6) is 0.441. The van der Waals surface area contributed by atoms with Gasteiger partial charge in [0.2, 0.25) is 0 Å². The monoisotopic (exact) mass is 312 g/mol. The van der Waals surface area contributed by atoms with Gasteiger partial charge in [0.05, 0.1) is 11.5 Å². The minimum Gasteiger partial charge on any atom is -0.484 e. The van der Waals surface area contributed by atoms with Crippen LogP contribution in [0.4, 0.5) is 0 Å². The molecule has 6 nitrogen and oxygen atoms in total. The van der Waals surface area contributed by atoms with Gasteiger partial charge in [-0.1, -0.05) is 12.1 Å². The smallest absolute Gasteiger partial charge is 0.260 e. The largest absolute Gasteiger partial charge is 0.484 e. The molecule has 0 spiro atoms. The molecule has 1 fully saturated rings. The van der Waals surface area contributed by atoms with Gasteiger partial charge in [-0.3, -0.25) is 4.79 Å². The van der Waals surface area contributed by atoms with Crippen LogP contribution in [0, 0.1) is 0 Å². The molecule has 1 heterocycles. The van der Waals surface area contributed by atoms with Gasteiger partial charge in [-0.2, -0.15) is 0 Å². The van der Waals surface area contributed by atoms with Crippen LogP contribution in [0.3, 0.4) is 0 Å². The van der Waals surface area contributed by atoms with Crippen molar-refractivity contribution in [3.8, 4) is 5.75 Å². The third kappa shape index (κ3) is 4.18. The van der Waals surface area contributed by atoms with E-state index in [1.54, 1.807) is 24.0 Å². The number of hydrogen-bond acceptors (Lipinski definition) is 5. The number of hydrogen-bond donors (Lipinski definition) is 1. The van der Waals surface area contributed by atoms with E-state index >= 15 is 0 Å². The van der Waals surface area contributed by atoms with Crippen LogP contribution in [-0.4, -0.2) is 49.9 Å². The predicted molar refractivity (Wildman–Crippen MR) is 79.7 cm³/mol. The van der Waals surface area contributed by atoms with Crippen LogP contribution in [0.1, 0.15) is 12.5 Å². The highest BCUT2D eigenvalue weighted by atomic mass is 32.2. The van der Waals surface area contributed by atoms with Crippen LogP contribution in [-0.2, 0) is 21.2 Å². The molecule has 116 valence electrons. The standard InChI is InChI=1S/C14H20N2O4S/c1-11-10-21(18,19)7-6-16(11)14(17)9-20-13-4-2-12(8-15)3-5-13/h2-5,11H,6-10,15H2,1H3. The molecule has 1 unspecified atom stereocenters. The van der Waals surface area contributed by atoms with Gasteiger partial charge in [-0.05, 0) is 24.6 Å². The average Bonchev–Trinajstić information content (AvgIpc) is 2.44. The molecule has 0 saturated carbocycles. The first-order valence-electron chi connectivity index (χ1n) is 6.83. The molecular weight excluding hydrogens is 292 g/mol. The lowest BCUT2D eigenvalue weighted by Gasteiger charge is -2.33. The lowest BCUT2D eigenvalue weighted by Crippen LogP contribution is -2.51. The van der Waals surface area contributed by atoms with E-state index in [1.807, 2.05) is 12.1 Å². The molecule has 0 bridgehead atoms. The summed E-state index contributed by atoms with van der Waals surface area (Å²) in [6, 6.07) is 6.91. The minimum absolute atomic E-state index is 0.0178. The highest BCUT2D eigenvalue weighted by Gasteiger charge is 2.31. The van der Waals surface area contributed by atoms with Crippen molar-refractivity contribution >= 4 is 15.7 Å². The van der Waals surface area contributed by atoms with Crippen LogP contribution in [0.5, 0.6) is 5.75 Å². The van der Waals surface area contributed by atoms with Crippen molar-refractivity contribution in [2.75, 3.05) is 24.7 Å². The zero-order valence-electron chi connectivity index (χ0n) is 12.0. The lowest BCUT2D eigenvalue weighted by atomic mass is 10.2. The van der Waals surface area contributed by atoms with Crippen molar-refractivity contribution in [3.05, 3.63) is 29.8 Å². The molecule has 0 radical (unpaired) electrons. The Morgan fingerprint density at radius 3 is 2.62 bits per heavy atom. The summed E-state index contributed by atoms with van der Waals surface area (Å²) in [6.45, 7) is 2.34. The minimum atomic E-state index is -3.02. The van der Waals surface area contributed by atoms with Crippen molar-refractivity contribution < 1.29 is 17.9 Å². The van der Waals surface area contributed by atoms with E-state index < -0.39 is 9.84 Å². The molecule has 1 aliphatic heterocycles. The van der Waals surface area contributed by atoms with Gasteiger partial charge in [-0.15, -0.1) is 0 Å². The molecule has 0 aliphatic carbocycles. The number of carbonyl (C=O) groups excluding carboxylic acids is 1. The van der Waals surface area contributed by atoms with Gasteiger partial charge in [-0.25, -0.2) is 8.42 Å².